The number of amides is 1. The molecule has 6 nitrogen and oxygen atoms in total. The van der Waals surface area contributed by atoms with Crippen molar-refractivity contribution in [1.82, 2.24) is 9.62 Å². The second kappa shape index (κ2) is 7.56. The lowest BCUT2D eigenvalue weighted by Gasteiger charge is -2.35. The van der Waals surface area contributed by atoms with E-state index in [4.69, 9.17) is 5.73 Å². The van der Waals surface area contributed by atoms with E-state index >= 15 is 0 Å². The first kappa shape index (κ1) is 18.4. The van der Waals surface area contributed by atoms with E-state index in [0.717, 1.165) is 25.7 Å². The Morgan fingerprint density at radius 3 is 2.67 bits per heavy atom. The van der Waals surface area contributed by atoms with Crippen LogP contribution in [0.5, 0.6) is 0 Å². The first-order valence-electron chi connectivity index (χ1n) is 7.71. The van der Waals surface area contributed by atoms with E-state index in [1.165, 1.54) is 10.6 Å². The molecule has 1 rings (SSSR count). The van der Waals surface area contributed by atoms with Crippen LogP contribution in [0.1, 0.15) is 46.0 Å². The van der Waals surface area contributed by atoms with E-state index in [1.807, 2.05) is 0 Å². The van der Waals surface area contributed by atoms with Crippen LogP contribution >= 0.6 is 0 Å². The summed E-state index contributed by atoms with van der Waals surface area (Å²) in [6, 6.07) is 0. The Kier molecular flexibility index (Phi) is 6.62. The van der Waals surface area contributed by atoms with Crippen molar-refractivity contribution in [1.29, 1.82) is 0 Å². The van der Waals surface area contributed by atoms with Crippen molar-refractivity contribution in [2.75, 3.05) is 25.9 Å². The van der Waals surface area contributed by atoms with Crippen LogP contribution in [0.4, 0.5) is 0 Å². The van der Waals surface area contributed by atoms with Gasteiger partial charge in [-0.25, -0.2) is 12.7 Å². The maximum absolute atomic E-state index is 12.2. The average molecular weight is 319 g/mol. The van der Waals surface area contributed by atoms with Crippen molar-refractivity contribution in [3.05, 3.63) is 0 Å². The third-order valence-electron chi connectivity index (χ3n) is 4.18. The molecule has 0 aromatic carbocycles. The van der Waals surface area contributed by atoms with Gasteiger partial charge in [0.15, 0.2) is 0 Å². The second-order valence-electron chi connectivity index (χ2n) is 6.22. The summed E-state index contributed by atoms with van der Waals surface area (Å²) in [7, 11) is -3.16. The molecule has 0 aromatic rings. The van der Waals surface area contributed by atoms with E-state index in [2.05, 4.69) is 12.2 Å². The molecule has 1 fully saturated rings. The molecule has 0 spiro atoms. The topological polar surface area (TPSA) is 92.5 Å². The van der Waals surface area contributed by atoms with E-state index in [-0.39, 0.29) is 5.91 Å². The number of hydrogen-bond donors (Lipinski definition) is 2. The van der Waals surface area contributed by atoms with Gasteiger partial charge in [-0.2, -0.15) is 0 Å². The summed E-state index contributed by atoms with van der Waals surface area (Å²) >= 11 is 0. The first-order valence-corrected chi connectivity index (χ1v) is 9.56. The number of rotatable bonds is 7. The Morgan fingerprint density at radius 2 is 2.14 bits per heavy atom. The first-order chi connectivity index (χ1) is 9.69. The fraction of sp³-hybridized carbons (Fsp3) is 0.929. The molecule has 0 heterocycles. The van der Waals surface area contributed by atoms with Gasteiger partial charge in [0.2, 0.25) is 15.9 Å². The molecule has 124 valence electrons. The zero-order chi connectivity index (χ0) is 16.1. The molecule has 2 unspecified atom stereocenters. The molecule has 0 bridgehead atoms. The SMILES string of the molecule is CCN(CCCNC(=O)C1(N)CCCC(C)C1)S(C)(=O)=O. The maximum Gasteiger partial charge on any atom is 0.240 e. The quantitative estimate of drug-likeness (QED) is 0.675. The van der Waals surface area contributed by atoms with Crippen LogP contribution in [-0.2, 0) is 14.8 Å². The number of nitrogens with zero attached hydrogens (tertiary/aromatic N) is 1. The lowest BCUT2D eigenvalue weighted by molar-refractivity contribution is -0.128. The number of sulfonamides is 1. The molecule has 0 aromatic heterocycles. The fourth-order valence-corrected chi connectivity index (χ4v) is 3.92. The van der Waals surface area contributed by atoms with E-state index in [9.17, 15) is 13.2 Å². The number of nitrogens with one attached hydrogen (secondary N) is 1. The van der Waals surface area contributed by atoms with Crippen molar-refractivity contribution < 1.29 is 13.2 Å². The van der Waals surface area contributed by atoms with Crippen molar-refractivity contribution in [3.63, 3.8) is 0 Å². The summed E-state index contributed by atoms with van der Waals surface area (Å²) < 4.78 is 24.3. The second-order valence-corrected chi connectivity index (χ2v) is 8.20. The highest BCUT2D eigenvalue weighted by molar-refractivity contribution is 7.88. The molecule has 3 N–H and O–H groups in total. The molecule has 2 atom stereocenters. The Hall–Kier alpha value is -0.660. The van der Waals surface area contributed by atoms with Crippen molar-refractivity contribution in [2.24, 2.45) is 11.7 Å². The van der Waals surface area contributed by atoms with Gasteiger partial charge in [-0.3, -0.25) is 4.79 Å². The van der Waals surface area contributed by atoms with Gasteiger partial charge in [0.05, 0.1) is 11.8 Å². The van der Waals surface area contributed by atoms with Gasteiger partial charge >= 0.3 is 0 Å². The molecule has 1 aliphatic carbocycles. The minimum atomic E-state index is -3.16. The van der Waals surface area contributed by atoms with Gasteiger partial charge in [-0.05, 0) is 25.2 Å². The van der Waals surface area contributed by atoms with Gasteiger partial charge in [-0.15, -0.1) is 0 Å². The summed E-state index contributed by atoms with van der Waals surface area (Å²) in [5.74, 6) is 0.381. The van der Waals surface area contributed by atoms with E-state index < -0.39 is 15.6 Å². The van der Waals surface area contributed by atoms with Gasteiger partial charge in [-0.1, -0.05) is 26.7 Å². The van der Waals surface area contributed by atoms with Crippen LogP contribution in [0.2, 0.25) is 0 Å². The average Bonchev–Trinajstić information content (AvgIpc) is 2.36. The summed E-state index contributed by atoms with van der Waals surface area (Å²) in [5, 5.41) is 2.86. The third-order valence-corrected chi connectivity index (χ3v) is 5.56. The molecule has 0 saturated heterocycles. The highest BCUT2D eigenvalue weighted by atomic mass is 32.2. The number of nitrogens with two attached hydrogens (primary N) is 1. The normalized spacial score (nSPS) is 26.8. The van der Waals surface area contributed by atoms with Gasteiger partial charge in [0.25, 0.3) is 0 Å². The molecule has 0 radical (unpaired) electrons. The monoisotopic (exact) mass is 319 g/mol. The van der Waals surface area contributed by atoms with E-state index in [1.54, 1.807) is 6.92 Å². The molecule has 1 saturated carbocycles. The number of hydrogen-bond acceptors (Lipinski definition) is 4. The largest absolute Gasteiger partial charge is 0.354 e. The minimum Gasteiger partial charge on any atom is -0.354 e. The zero-order valence-electron chi connectivity index (χ0n) is 13.4. The van der Waals surface area contributed by atoms with E-state index in [0.29, 0.717) is 32.0 Å². The molecular weight excluding hydrogens is 290 g/mol. The Labute approximate surface area is 128 Å². The van der Waals surface area contributed by atoms with Crippen LogP contribution < -0.4 is 11.1 Å². The number of carbonyl (C=O) groups excluding carboxylic acids is 1. The smallest absolute Gasteiger partial charge is 0.240 e. The Morgan fingerprint density at radius 1 is 1.48 bits per heavy atom. The molecular formula is C14H29N3O3S. The summed E-state index contributed by atoms with van der Waals surface area (Å²) in [6.07, 6.45) is 5.37. The van der Waals surface area contributed by atoms with Crippen LogP contribution in [0.3, 0.4) is 0 Å². The van der Waals surface area contributed by atoms with Crippen LogP contribution in [0.25, 0.3) is 0 Å². The molecule has 1 aliphatic rings. The predicted molar refractivity (Wildman–Crippen MR) is 84.3 cm³/mol. The molecule has 1 amide bonds. The van der Waals surface area contributed by atoms with Crippen LogP contribution in [-0.4, -0.2) is 50.1 Å². The maximum atomic E-state index is 12.2. The lowest BCUT2D eigenvalue weighted by atomic mass is 9.76. The van der Waals surface area contributed by atoms with Crippen LogP contribution in [0, 0.1) is 5.92 Å². The van der Waals surface area contributed by atoms with Crippen molar-refractivity contribution in [3.8, 4) is 0 Å². The summed E-state index contributed by atoms with van der Waals surface area (Å²) in [6.45, 7) is 5.25. The number of carbonyl (C=O) groups is 1. The zero-order valence-corrected chi connectivity index (χ0v) is 14.2. The van der Waals surface area contributed by atoms with Crippen LogP contribution in [0.15, 0.2) is 0 Å². The lowest BCUT2D eigenvalue weighted by Crippen LogP contribution is -2.56. The van der Waals surface area contributed by atoms with Gasteiger partial charge in [0, 0.05) is 19.6 Å². The highest BCUT2D eigenvalue weighted by Crippen LogP contribution is 2.30. The summed E-state index contributed by atoms with van der Waals surface area (Å²) in [4.78, 5) is 12.2. The predicted octanol–water partition coefficient (Wildman–Crippen LogP) is 0.682. The van der Waals surface area contributed by atoms with Gasteiger partial charge in [0.1, 0.15) is 0 Å². The van der Waals surface area contributed by atoms with Crippen molar-refractivity contribution >= 4 is 15.9 Å². The van der Waals surface area contributed by atoms with Gasteiger partial charge < -0.3 is 11.1 Å². The molecule has 7 heteroatoms. The third kappa shape index (κ3) is 5.56. The minimum absolute atomic E-state index is 0.101. The summed E-state index contributed by atoms with van der Waals surface area (Å²) in [5.41, 5.74) is 5.46. The Bertz CT molecular complexity index is 452. The molecule has 21 heavy (non-hydrogen) atoms. The fourth-order valence-electron chi connectivity index (χ4n) is 2.99. The Balaban J connectivity index is 2.37. The standard InChI is InChI=1S/C14H29N3O3S/c1-4-17(21(3,19)20)10-6-9-16-13(18)14(15)8-5-7-12(2)11-14/h12H,4-11,15H2,1-3H3,(H,16,18). The van der Waals surface area contributed by atoms with Crippen molar-refractivity contribution in [2.45, 2.75) is 51.5 Å². The molecule has 0 aliphatic heterocycles. The highest BCUT2D eigenvalue weighted by Gasteiger charge is 2.37.